The van der Waals surface area contributed by atoms with E-state index in [1.165, 1.54) is 0 Å². The summed E-state index contributed by atoms with van der Waals surface area (Å²) in [4.78, 5) is 34.2. The molecule has 0 fully saturated rings. The monoisotopic (exact) mass is 1580 g/mol. The van der Waals surface area contributed by atoms with Gasteiger partial charge in [-0.25, -0.2) is 0 Å². The molecule has 568 valence electrons. The van der Waals surface area contributed by atoms with Crippen LogP contribution in [0.5, 0.6) is 0 Å². The maximum atomic E-state index is 12.3. The van der Waals surface area contributed by atoms with E-state index in [0.717, 1.165) is 56.6 Å². The minimum atomic E-state index is -7.38. The van der Waals surface area contributed by atoms with E-state index in [1.54, 1.807) is 0 Å². The van der Waals surface area contributed by atoms with Crippen LogP contribution in [0.25, 0.3) is 21.5 Å². The molecular weight excluding hydrogens is 1490 g/mol. The van der Waals surface area contributed by atoms with Crippen LogP contribution in [0.2, 0.25) is 38.3 Å². The molecule has 39 heteroatoms. The Labute approximate surface area is 631 Å². The number of quaternary nitrogens is 5. The van der Waals surface area contributed by atoms with Crippen molar-refractivity contribution in [3.63, 3.8) is 0 Å². The van der Waals surface area contributed by atoms with E-state index < -0.39 is 87.9 Å². The molecule has 1 atom stereocenters. The molecule has 8 heterocycles. The molecule has 12 rings (SSSR count). The van der Waals surface area contributed by atoms with E-state index in [9.17, 15) is 64.9 Å². The molecule has 6 aliphatic rings. The third-order valence-electron chi connectivity index (χ3n) is 20.5. The Balaban J connectivity index is 0.00000302. The first-order valence-corrected chi connectivity index (χ1v) is 49.1. The minimum Gasteiger partial charge on any atom is -0.870 e. The van der Waals surface area contributed by atoms with Crippen molar-refractivity contribution in [2.24, 2.45) is 20.0 Å². The summed E-state index contributed by atoms with van der Waals surface area (Å²) in [6.45, 7) is 13.8. The van der Waals surface area contributed by atoms with Crippen LogP contribution in [-0.4, -0.2) is 239 Å². The zero-order valence-corrected chi connectivity index (χ0v) is 69.1. The summed E-state index contributed by atoms with van der Waals surface area (Å²) in [5.41, 5.74) is 4.00. The van der Waals surface area contributed by atoms with Crippen LogP contribution in [0.3, 0.4) is 0 Å². The molecule has 0 aliphatic carbocycles. The van der Waals surface area contributed by atoms with Crippen molar-refractivity contribution in [1.82, 2.24) is 26.9 Å². The Hall–Kier alpha value is -5.20. The number of ether oxygens (including phenoxy) is 2. The van der Waals surface area contributed by atoms with Gasteiger partial charge in [0.2, 0.25) is 0 Å². The third-order valence-corrected chi connectivity index (χ3v) is 40.3. The van der Waals surface area contributed by atoms with Crippen LogP contribution < -0.4 is 59.0 Å². The fraction of sp³-hybridized carbons (Fsp3) is 0.492. The fourth-order valence-corrected chi connectivity index (χ4v) is 40.9. The SMILES string of the molecule is CCCC[N+](CCC[Si](C)(C)O[Si-2]123(O[Si](C)(C)CCC[N+](CCCS(=O)(=O)[O-])(CCCS(=O)(=O)[O-])CCCS(=O)(=O)[O-])n4c5c6ccccc6c4N=C4c6ccccc6C(=[N+]41)N=c1c4ccccc4c(n12)=NC1=[N+]3C(=N5)c2ccccc21)(CCCS(=O)(=O)[O-])CCOCCOCC[C-]=O.[NH4+].[NH4+].[NH4+].[Na+].[OH-]. The van der Waals surface area contributed by atoms with Gasteiger partial charge in [-0.3, -0.25) is 6.29 Å². The van der Waals surface area contributed by atoms with E-state index >= 15 is 0 Å². The van der Waals surface area contributed by atoms with Gasteiger partial charge in [-0.15, -0.1) is 6.42 Å². The number of rotatable bonds is 40. The second-order valence-corrected chi connectivity index (χ2v) is 48.7. The van der Waals surface area contributed by atoms with Crippen molar-refractivity contribution in [2.75, 3.05) is 102 Å². The van der Waals surface area contributed by atoms with Crippen LogP contribution in [-0.2, 0) is 63.0 Å². The molecule has 1 spiro atoms. The molecule has 0 saturated carbocycles. The molecule has 6 aromatic rings. The quantitative estimate of drug-likeness (QED) is 0.0163. The van der Waals surface area contributed by atoms with Gasteiger partial charge in [0.15, 0.2) is 0 Å². The van der Waals surface area contributed by atoms with E-state index in [4.69, 9.17) is 29.4 Å². The van der Waals surface area contributed by atoms with E-state index in [-0.39, 0.29) is 149 Å². The van der Waals surface area contributed by atoms with Crippen LogP contribution in [0.4, 0.5) is 11.6 Å². The standard InChI is InChI=1S/C65H88N10O17S4Si3.3H3N.Na.H2O/c1-6-7-31-75(35-19-47-96(86,87)88,38-41-90-43-42-89-40-22-39-76)37-21-49-98(4,5)92-99(91-97(2,3)48-20-36-74(32-16-44-93(77,78)79,33-17-45-94(80,81)82)34-18-46-95(83,84)85)70-58-50-23-8-9-24-51(50)59(70)67-61-54-27-12-13-28-55(54)63(72(61)99)69-65-57-30-15-14-29-56(57)64(73(65)99)68-62-53-26-11-10-25-52(53)60(66-58)71(62)99;;;;;/h8-15,23-30H,6-7,16-22,31-38,40-49H2,1-5H3,(H3-,77,78,79,80,81,82,83,84,85,86,87,88);3*1H3;;1H2/q;;;;+1;/p-1. The van der Waals surface area contributed by atoms with E-state index in [2.05, 4.69) is 50.1 Å². The first kappa shape index (κ1) is 86.0. The minimum absolute atomic E-state index is 0. The summed E-state index contributed by atoms with van der Waals surface area (Å²) in [7, 11) is -33.6. The van der Waals surface area contributed by atoms with Gasteiger partial charge in [0.25, 0.3) is 0 Å². The van der Waals surface area contributed by atoms with Gasteiger partial charge in [0.1, 0.15) is 0 Å². The third kappa shape index (κ3) is 15.6. The average molecular weight is 1590 g/mol. The molecule has 4 aromatic carbocycles. The van der Waals surface area contributed by atoms with Gasteiger partial charge >= 0.3 is 588 Å². The predicted octanol–water partition coefficient (Wildman–Crippen LogP) is 3.21. The second kappa shape index (κ2) is 31.8. The molecule has 0 amide bonds. The van der Waals surface area contributed by atoms with Crippen molar-refractivity contribution in [2.45, 2.75) is 103 Å². The molecule has 2 aromatic heterocycles. The topological polar surface area (TPSA) is 488 Å². The Bertz CT molecular complexity index is 4770. The Morgan fingerprint density at radius 1 is 0.462 bits per heavy atom. The Morgan fingerprint density at radius 2 is 0.798 bits per heavy atom. The number of fused-ring (bicyclic) bond motifs is 12. The van der Waals surface area contributed by atoms with Crippen LogP contribution in [0.15, 0.2) is 117 Å². The number of hydrogen-bond donors (Lipinski definition) is 3. The number of unbranched alkanes of at least 4 members (excludes halogenated alkanes) is 1. The summed E-state index contributed by atoms with van der Waals surface area (Å²) >= 11 is 0. The zero-order chi connectivity index (χ0) is 70.7. The normalized spacial score (nSPS) is 17.4. The summed E-state index contributed by atoms with van der Waals surface area (Å²) in [5.74, 6) is 0.150. The molecular formula is C65H98N13NaO18S4Si3. The van der Waals surface area contributed by atoms with Crippen molar-refractivity contribution in [3.8, 4) is 0 Å². The zero-order valence-electron chi connectivity index (χ0n) is 60.8. The van der Waals surface area contributed by atoms with Crippen LogP contribution in [0.1, 0.15) is 87.0 Å². The summed E-state index contributed by atoms with van der Waals surface area (Å²) in [5, 5.41) is 3.00. The summed E-state index contributed by atoms with van der Waals surface area (Å²) < 4.78 is 187. The molecule has 31 nitrogen and oxygen atoms in total. The number of hydrogen-bond acceptors (Lipinski definition) is 22. The fourth-order valence-electron chi connectivity index (χ4n) is 16.8. The van der Waals surface area contributed by atoms with Crippen molar-refractivity contribution in [1.29, 1.82) is 0 Å². The molecule has 0 bridgehead atoms. The smallest absolute Gasteiger partial charge is 0.870 e. The Kier molecular flexibility index (Phi) is 26.3. The van der Waals surface area contributed by atoms with E-state index in [1.807, 2.05) is 103 Å². The van der Waals surface area contributed by atoms with Crippen molar-refractivity contribution in [3.05, 3.63) is 130 Å². The number of carbonyl (C=O) groups excluding carboxylic acids is 1. The predicted molar refractivity (Wildman–Crippen MR) is 396 cm³/mol. The number of amidine groups is 4. The second-order valence-electron chi connectivity index (χ2n) is 28.3. The number of aliphatic imine (C=N–C) groups is 2. The van der Waals surface area contributed by atoms with Gasteiger partial charge in [0.05, 0.1) is 0 Å². The van der Waals surface area contributed by atoms with Gasteiger partial charge in [-0.1, -0.05) is 0 Å². The molecule has 0 radical (unpaired) electrons. The average Bonchev–Trinajstić information content (AvgIpc) is 1.32. The van der Waals surface area contributed by atoms with Crippen LogP contribution in [0, 0.1) is 0 Å². The maximum absolute atomic E-state index is 12.3. The first-order valence-electron chi connectivity index (χ1n) is 33.9. The molecule has 0 saturated heterocycles. The number of nitrogens with zero attached hydrogens (tertiary/aromatic N) is 10. The molecule has 13 N–H and O–H groups in total. The van der Waals surface area contributed by atoms with Gasteiger partial charge < -0.3 is 28.7 Å². The van der Waals surface area contributed by atoms with Gasteiger partial charge in [-0.2, -0.15) is 0 Å². The van der Waals surface area contributed by atoms with Gasteiger partial charge in [0, 0.05) is 6.61 Å². The van der Waals surface area contributed by atoms with Gasteiger partial charge in [-0.05, 0) is 0 Å². The molecule has 104 heavy (non-hydrogen) atoms. The molecule has 1 unspecified atom stereocenters. The van der Waals surface area contributed by atoms with E-state index in [0.29, 0.717) is 95.7 Å². The molecule has 6 aliphatic heterocycles. The number of benzene rings is 4. The first-order chi connectivity index (χ1) is 46.8. The van der Waals surface area contributed by atoms with Crippen molar-refractivity contribution >= 4 is 128 Å². The van der Waals surface area contributed by atoms with Crippen molar-refractivity contribution < 1.29 is 127 Å². The number of aromatic nitrogens is 2. The Morgan fingerprint density at radius 3 is 1.17 bits per heavy atom. The summed E-state index contributed by atoms with van der Waals surface area (Å²) in [6.07, 6.45) is 3.98. The summed E-state index contributed by atoms with van der Waals surface area (Å²) in [6, 6.07) is 32.7. The van der Waals surface area contributed by atoms with Crippen LogP contribution >= 0.6 is 0 Å².